The summed E-state index contributed by atoms with van der Waals surface area (Å²) >= 11 is 0. The second kappa shape index (κ2) is 12.1. The van der Waals surface area contributed by atoms with E-state index < -0.39 is 5.97 Å². The van der Waals surface area contributed by atoms with Crippen molar-refractivity contribution in [2.24, 2.45) is 0 Å². The van der Waals surface area contributed by atoms with Crippen molar-refractivity contribution >= 4 is 35.2 Å². The Morgan fingerprint density at radius 3 is 2.31 bits per heavy atom. The number of rotatable bonds is 9. The fourth-order valence-corrected chi connectivity index (χ4v) is 4.20. The minimum atomic E-state index is -0.551. The smallest absolute Gasteiger partial charge is 0.340 e. The number of ether oxygens (including phenoxy) is 3. The first-order valence-electron chi connectivity index (χ1n) is 12.5. The third kappa shape index (κ3) is 6.18. The third-order valence-corrected chi connectivity index (χ3v) is 6.11. The van der Waals surface area contributed by atoms with Crippen LogP contribution >= 0.6 is 0 Å². The number of esters is 1. The van der Waals surface area contributed by atoms with Crippen LogP contribution in [0.3, 0.4) is 0 Å². The maximum Gasteiger partial charge on any atom is 0.340 e. The average Bonchev–Trinajstić information content (AvgIpc) is 3.18. The number of carbonyl (C=O) groups excluding carboxylic acids is 3. The van der Waals surface area contributed by atoms with E-state index in [0.717, 1.165) is 5.56 Å². The summed E-state index contributed by atoms with van der Waals surface area (Å²) in [4.78, 5) is 40.2. The fraction of sp³-hybridized carbons (Fsp3) is 0.194. The van der Waals surface area contributed by atoms with E-state index in [1.165, 1.54) is 12.0 Å². The molecule has 0 radical (unpaired) electrons. The number of aryl methyl sites for hydroxylation is 1. The lowest BCUT2D eigenvalue weighted by atomic mass is 10.0. The first-order chi connectivity index (χ1) is 18.8. The highest BCUT2D eigenvalue weighted by Gasteiger charge is 2.38. The van der Waals surface area contributed by atoms with Crippen molar-refractivity contribution in [3.8, 4) is 11.5 Å². The zero-order valence-corrected chi connectivity index (χ0v) is 22.3. The molecule has 1 aliphatic heterocycles. The van der Waals surface area contributed by atoms with Gasteiger partial charge < -0.3 is 19.5 Å². The summed E-state index contributed by atoms with van der Waals surface area (Å²) in [5.74, 6) is -0.170. The van der Waals surface area contributed by atoms with Crippen LogP contribution in [0.25, 0.3) is 6.08 Å². The summed E-state index contributed by atoms with van der Waals surface area (Å²) in [5.41, 5.74) is 3.96. The van der Waals surface area contributed by atoms with Crippen LogP contribution in [-0.4, -0.2) is 38.1 Å². The Balaban J connectivity index is 1.51. The van der Waals surface area contributed by atoms with Crippen LogP contribution in [0.15, 0.2) is 89.6 Å². The molecule has 1 N–H and O–H groups in total. The highest BCUT2D eigenvalue weighted by atomic mass is 16.5. The van der Waals surface area contributed by atoms with E-state index in [4.69, 9.17) is 14.2 Å². The van der Waals surface area contributed by atoms with Crippen LogP contribution in [0.1, 0.15) is 25.0 Å². The molecule has 4 rings (SSSR count). The minimum Gasteiger partial charge on any atom is -0.495 e. The molecule has 39 heavy (non-hydrogen) atoms. The molecular weight excluding hydrogens is 496 g/mol. The van der Waals surface area contributed by atoms with Gasteiger partial charge in [-0.3, -0.25) is 14.5 Å². The molecule has 1 heterocycles. The molecule has 0 bridgehead atoms. The van der Waals surface area contributed by atoms with Crippen molar-refractivity contribution in [2.45, 2.75) is 20.8 Å². The van der Waals surface area contributed by atoms with Gasteiger partial charge >= 0.3 is 5.97 Å². The summed E-state index contributed by atoms with van der Waals surface area (Å²) in [5, 5.41) is 2.76. The van der Waals surface area contributed by atoms with E-state index >= 15 is 0 Å². The first-order valence-corrected chi connectivity index (χ1v) is 12.5. The number of carbonyl (C=O) groups is 3. The lowest BCUT2D eigenvalue weighted by molar-refractivity contribution is -0.138. The zero-order valence-electron chi connectivity index (χ0n) is 22.3. The number of hydrogen-bond donors (Lipinski definition) is 1. The number of hydrogen-bond acceptors (Lipinski definition) is 6. The molecule has 0 fully saturated rings. The predicted octanol–water partition coefficient (Wildman–Crippen LogP) is 5.29. The van der Waals surface area contributed by atoms with E-state index in [1.807, 2.05) is 37.3 Å². The molecule has 0 aliphatic carbocycles. The van der Waals surface area contributed by atoms with Crippen molar-refractivity contribution in [2.75, 3.05) is 30.5 Å². The molecule has 8 heteroatoms. The molecule has 0 saturated heterocycles. The van der Waals surface area contributed by atoms with Crippen molar-refractivity contribution in [1.82, 2.24) is 0 Å². The number of methoxy groups -OCH3 is 1. The van der Waals surface area contributed by atoms with Gasteiger partial charge in [-0.05, 0) is 68.8 Å². The van der Waals surface area contributed by atoms with Crippen molar-refractivity contribution < 1.29 is 28.6 Å². The molecule has 2 amide bonds. The minimum absolute atomic E-state index is 0.193. The van der Waals surface area contributed by atoms with Crippen LogP contribution in [0.5, 0.6) is 11.5 Å². The number of para-hydroxylation sites is 2. The Morgan fingerprint density at radius 1 is 0.949 bits per heavy atom. The Hall–Kier alpha value is -4.85. The molecule has 8 nitrogen and oxygen atoms in total. The molecular formula is C31H30N2O6. The van der Waals surface area contributed by atoms with Gasteiger partial charge in [0, 0.05) is 11.4 Å². The normalized spacial score (nSPS) is 14.0. The van der Waals surface area contributed by atoms with Gasteiger partial charge in [0.15, 0.2) is 6.61 Å². The summed E-state index contributed by atoms with van der Waals surface area (Å²) in [6.07, 6.45) is 1.66. The summed E-state index contributed by atoms with van der Waals surface area (Å²) in [6.45, 7) is 5.42. The van der Waals surface area contributed by atoms with Gasteiger partial charge in [-0.25, -0.2) is 4.79 Å². The number of allylic oxidation sites excluding steroid dienone is 1. The predicted molar refractivity (Wildman–Crippen MR) is 150 cm³/mol. The average molecular weight is 527 g/mol. The third-order valence-electron chi connectivity index (χ3n) is 6.11. The standard InChI is InChI=1S/C31H30N2O6/c1-5-38-31(36)29-21(3)33(23-14-10-20(2)11-15-23)30(35)25(29)18-22-12-16-24(17-13-22)39-19-28(34)32-26-8-6-7-9-27(26)37-4/h6-18H,5,19H2,1-4H3,(H,32,34)/b25-18-. The molecule has 0 spiro atoms. The lowest BCUT2D eigenvalue weighted by Crippen LogP contribution is -2.24. The molecule has 0 atom stereocenters. The SMILES string of the molecule is CCOC(=O)C1=C(C)N(c2ccc(C)cc2)C(=O)/C1=C\c1ccc(OCC(=O)Nc2ccccc2OC)cc1. The quantitative estimate of drug-likeness (QED) is 0.301. The number of benzene rings is 3. The molecule has 0 aromatic heterocycles. The fourth-order valence-electron chi connectivity index (χ4n) is 4.20. The Bertz CT molecular complexity index is 1440. The van der Waals surface area contributed by atoms with Gasteiger partial charge in [-0.1, -0.05) is 42.0 Å². The zero-order chi connectivity index (χ0) is 27.9. The summed E-state index contributed by atoms with van der Waals surface area (Å²) in [7, 11) is 1.53. The van der Waals surface area contributed by atoms with Gasteiger partial charge in [-0.2, -0.15) is 0 Å². The highest BCUT2D eigenvalue weighted by Crippen LogP contribution is 2.35. The van der Waals surface area contributed by atoms with Crippen LogP contribution in [0, 0.1) is 6.92 Å². The first kappa shape index (κ1) is 27.2. The number of anilines is 2. The number of amides is 2. The monoisotopic (exact) mass is 526 g/mol. The number of nitrogens with zero attached hydrogens (tertiary/aromatic N) is 1. The maximum absolute atomic E-state index is 13.5. The van der Waals surface area contributed by atoms with E-state index in [0.29, 0.717) is 34.1 Å². The van der Waals surface area contributed by atoms with Crippen molar-refractivity contribution in [1.29, 1.82) is 0 Å². The molecule has 1 aliphatic rings. The van der Waals surface area contributed by atoms with Crippen molar-refractivity contribution in [3.63, 3.8) is 0 Å². The molecule has 3 aromatic carbocycles. The number of nitrogens with one attached hydrogen (secondary N) is 1. The van der Waals surface area contributed by atoms with Crippen LogP contribution in [0.4, 0.5) is 11.4 Å². The summed E-state index contributed by atoms with van der Waals surface area (Å²) in [6, 6.07) is 21.5. The van der Waals surface area contributed by atoms with Gasteiger partial charge in [-0.15, -0.1) is 0 Å². The van der Waals surface area contributed by atoms with Crippen LogP contribution in [-0.2, 0) is 19.1 Å². The van der Waals surface area contributed by atoms with E-state index in [1.54, 1.807) is 62.4 Å². The van der Waals surface area contributed by atoms with E-state index in [2.05, 4.69) is 5.32 Å². The van der Waals surface area contributed by atoms with E-state index in [-0.39, 0.29) is 36.2 Å². The Kier molecular flexibility index (Phi) is 8.46. The summed E-state index contributed by atoms with van der Waals surface area (Å²) < 4.78 is 16.1. The largest absolute Gasteiger partial charge is 0.495 e. The lowest BCUT2D eigenvalue weighted by Gasteiger charge is -2.18. The van der Waals surface area contributed by atoms with E-state index in [9.17, 15) is 14.4 Å². The Labute approximate surface area is 227 Å². The molecule has 3 aromatic rings. The van der Waals surface area contributed by atoms with Crippen LogP contribution in [0.2, 0.25) is 0 Å². The topological polar surface area (TPSA) is 94.2 Å². The van der Waals surface area contributed by atoms with Gasteiger partial charge in [0.05, 0.1) is 30.6 Å². The molecule has 0 unspecified atom stereocenters. The molecule has 200 valence electrons. The van der Waals surface area contributed by atoms with Gasteiger partial charge in [0.1, 0.15) is 11.5 Å². The van der Waals surface area contributed by atoms with Gasteiger partial charge in [0.25, 0.3) is 11.8 Å². The second-order valence-corrected chi connectivity index (χ2v) is 8.82. The Morgan fingerprint density at radius 2 is 1.64 bits per heavy atom. The second-order valence-electron chi connectivity index (χ2n) is 8.82. The highest BCUT2D eigenvalue weighted by molar-refractivity contribution is 6.23. The van der Waals surface area contributed by atoms with Crippen molar-refractivity contribution in [3.05, 3.63) is 101 Å². The maximum atomic E-state index is 13.5. The van der Waals surface area contributed by atoms with Crippen LogP contribution < -0.4 is 19.7 Å². The van der Waals surface area contributed by atoms with Gasteiger partial charge in [0.2, 0.25) is 0 Å². The molecule has 0 saturated carbocycles.